The Balaban J connectivity index is 1.53. The molecule has 4 aromatic rings. The number of thioether (sulfide) groups is 1. The van der Waals surface area contributed by atoms with Crippen molar-refractivity contribution in [1.82, 2.24) is 9.55 Å². The van der Waals surface area contributed by atoms with E-state index in [1.807, 2.05) is 56.3 Å². The summed E-state index contributed by atoms with van der Waals surface area (Å²) >= 11 is 6.40. The Kier molecular flexibility index (Phi) is 6.64. The van der Waals surface area contributed by atoms with Gasteiger partial charge in [0.05, 0.1) is 16.8 Å². The molecule has 0 radical (unpaired) electrons. The number of hydrogen-bond acceptors (Lipinski definition) is 5. The maximum Gasteiger partial charge on any atom is 0.267 e. The first-order chi connectivity index (χ1) is 16.4. The molecule has 1 aliphatic rings. The van der Waals surface area contributed by atoms with Gasteiger partial charge in [0.2, 0.25) is 5.91 Å². The van der Waals surface area contributed by atoms with Crippen LogP contribution in [-0.2, 0) is 17.6 Å². The quantitative estimate of drug-likeness (QED) is 0.228. The van der Waals surface area contributed by atoms with Crippen molar-refractivity contribution in [2.24, 2.45) is 0 Å². The van der Waals surface area contributed by atoms with Crippen LogP contribution >= 0.6 is 39.0 Å². The first kappa shape index (κ1) is 23.3. The van der Waals surface area contributed by atoms with Gasteiger partial charge >= 0.3 is 0 Å². The summed E-state index contributed by atoms with van der Waals surface area (Å²) < 4.78 is 2.60. The molecule has 0 fully saturated rings. The predicted molar refractivity (Wildman–Crippen MR) is 145 cm³/mol. The highest BCUT2D eigenvalue weighted by Crippen LogP contribution is 2.35. The number of aromatic nitrogens is 2. The zero-order chi connectivity index (χ0) is 23.8. The van der Waals surface area contributed by atoms with Crippen LogP contribution in [0.4, 0.5) is 5.69 Å². The maximum atomic E-state index is 13.8. The van der Waals surface area contributed by atoms with Crippen molar-refractivity contribution in [3.8, 4) is 5.69 Å². The molecule has 5 nitrogen and oxygen atoms in total. The second-order valence-electron chi connectivity index (χ2n) is 8.51. The van der Waals surface area contributed by atoms with E-state index in [9.17, 15) is 9.59 Å². The highest BCUT2D eigenvalue weighted by atomic mass is 79.9. The number of nitrogens with zero attached hydrogens (tertiary/aromatic N) is 2. The molecule has 2 aromatic carbocycles. The van der Waals surface area contributed by atoms with Gasteiger partial charge in [-0.25, -0.2) is 4.98 Å². The Bertz CT molecular complexity index is 1440. The van der Waals surface area contributed by atoms with E-state index in [-0.39, 0.29) is 17.2 Å². The fourth-order valence-corrected chi connectivity index (χ4v) is 6.80. The van der Waals surface area contributed by atoms with Gasteiger partial charge in [0.1, 0.15) is 4.83 Å². The molecule has 2 heterocycles. The van der Waals surface area contributed by atoms with Gasteiger partial charge in [0.25, 0.3) is 5.56 Å². The lowest BCUT2D eigenvalue weighted by molar-refractivity contribution is -0.113. The van der Waals surface area contributed by atoms with Crippen LogP contribution in [0, 0.1) is 13.8 Å². The van der Waals surface area contributed by atoms with Gasteiger partial charge < -0.3 is 5.32 Å². The summed E-state index contributed by atoms with van der Waals surface area (Å²) in [5.41, 5.74) is 4.75. The molecule has 0 saturated heterocycles. The minimum atomic E-state index is -0.121. The molecule has 1 N–H and O–H groups in total. The van der Waals surface area contributed by atoms with Gasteiger partial charge in [0, 0.05) is 15.0 Å². The number of rotatable bonds is 5. The van der Waals surface area contributed by atoms with E-state index in [0.717, 1.165) is 62.9 Å². The van der Waals surface area contributed by atoms with Crippen molar-refractivity contribution in [3.05, 3.63) is 78.9 Å². The van der Waals surface area contributed by atoms with Crippen molar-refractivity contribution >= 4 is 60.8 Å². The van der Waals surface area contributed by atoms with Crippen LogP contribution in [0.3, 0.4) is 0 Å². The van der Waals surface area contributed by atoms with E-state index in [0.29, 0.717) is 5.16 Å². The normalized spacial score (nSPS) is 13.1. The molecule has 8 heteroatoms. The Hall–Kier alpha value is -2.42. The molecule has 0 atom stereocenters. The summed E-state index contributed by atoms with van der Waals surface area (Å²) in [4.78, 5) is 33.6. The number of carbonyl (C=O) groups excluding carboxylic acids is 1. The summed E-state index contributed by atoms with van der Waals surface area (Å²) in [7, 11) is 0. The van der Waals surface area contributed by atoms with E-state index >= 15 is 0 Å². The molecular weight excluding hydrogens is 530 g/mol. The van der Waals surface area contributed by atoms with Gasteiger partial charge in [-0.1, -0.05) is 45.9 Å². The van der Waals surface area contributed by atoms with Crippen LogP contribution in [0.1, 0.15) is 34.4 Å². The highest BCUT2D eigenvalue weighted by Gasteiger charge is 2.23. The molecule has 5 rings (SSSR count). The third kappa shape index (κ3) is 4.46. The standard InChI is InChI=1S/C26H24BrN3O2S2/c1-15-6-5-7-16(2)23(15)28-21(31)14-33-26-29-24-22(19-8-3-4-9-20(19)34-24)25(32)30(26)18-12-10-17(27)11-13-18/h5-7,10-13H,3-4,8-9,14H2,1-2H3,(H,28,31). The molecule has 2 aromatic heterocycles. The summed E-state index contributed by atoms with van der Waals surface area (Å²) in [6.45, 7) is 3.96. The monoisotopic (exact) mass is 553 g/mol. The zero-order valence-corrected chi connectivity index (χ0v) is 22.2. The van der Waals surface area contributed by atoms with Crippen LogP contribution in [0.5, 0.6) is 0 Å². The highest BCUT2D eigenvalue weighted by molar-refractivity contribution is 9.10. The fraction of sp³-hybridized carbons (Fsp3) is 0.269. The fourth-order valence-electron chi connectivity index (χ4n) is 4.42. The van der Waals surface area contributed by atoms with Crippen molar-refractivity contribution in [2.45, 2.75) is 44.7 Å². The average Bonchev–Trinajstić information content (AvgIpc) is 3.20. The number of amides is 1. The second kappa shape index (κ2) is 9.68. The van der Waals surface area contributed by atoms with Gasteiger partial charge in [-0.15, -0.1) is 11.3 Å². The van der Waals surface area contributed by atoms with Gasteiger partial charge in [-0.05, 0) is 80.5 Å². The topological polar surface area (TPSA) is 64.0 Å². The number of fused-ring (bicyclic) bond motifs is 3. The summed E-state index contributed by atoms with van der Waals surface area (Å²) in [6, 6.07) is 13.6. The van der Waals surface area contributed by atoms with Crippen molar-refractivity contribution in [3.63, 3.8) is 0 Å². The van der Waals surface area contributed by atoms with Gasteiger partial charge in [-0.3, -0.25) is 14.2 Å². The molecule has 0 bridgehead atoms. The smallest absolute Gasteiger partial charge is 0.267 e. The molecule has 0 unspecified atom stereocenters. The van der Waals surface area contributed by atoms with E-state index in [1.54, 1.807) is 15.9 Å². The third-order valence-electron chi connectivity index (χ3n) is 6.12. The van der Waals surface area contributed by atoms with E-state index < -0.39 is 0 Å². The predicted octanol–water partition coefficient (Wildman–Crippen LogP) is 6.44. The van der Waals surface area contributed by atoms with Crippen LogP contribution in [0.25, 0.3) is 15.9 Å². The molecule has 0 aliphatic heterocycles. The number of nitrogens with one attached hydrogen (secondary N) is 1. The zero-order valence-electron chi connectivity index (χ0n) is 19.0. The minimum absolute atomic E-state index is 0.0515. The Morgan fingerprint density at radius 3 is 2.56 bits per heavy atom. The van der Waals surface area contributed by atoms with Gasteiger partial charge in [-0.2, -0.15) is 0 Å². The van der Waals surface area contributed by atoms with Gasteiger partial charge in [0.15, 0.2) is 5.16 Å². The lowest BCUT2D eigenvalue weighted by Gasteiger charge is -2.14. The lowest BCUT2D eigenvalue weighted by atomic mass is 9.97. The molecule has 34 heavy (non-hydrogen) atoms. The van der Waals surface area contributed by atoms with Crippen molar-refractivity contribution < 1.29 is 4.79 Å². The Labute approximate surface area is 214 Å². The van der Waals surface area contributed by atoms with Crippen LogP contribution in [0.15, 0.2) is 56.9 Å². The molecular formula is C26H24BrN3O2S2. The number of halogens is 1. The third-order valence-corrected chi connectivity index (χ3v) is 8.77. The first-order valence-corrected chi connectivity index (χ1v) is 13.8. The lowest BCUT2D eigenvalue weighted by Crippen LogP contribution is -2.23. The van der Waals surface area contributed by atoms with Crippen LogP contribution < -0.4 is 10.9 Å². The number of carbonyl (C=O) groups is 1. The number of aryl methyl sites for hydroxylation is 4. The molecule has 1 aliphatic carbocycles. The Morgan fingerprint density at radius 2 is 1.82 bits per heavy atom. The number of anilines is 1. The number of para-hydroxylation sites is 1. The van der Waals surface area contributed by atoms with E-state index in [2.05, 4.69) is 21.2 Å². The SMILES string of the molecule is Cc1cccc(C)c1NC(=O)CSc1nc2sc3c(c2c(=O)n1-c1ccc(Br)cc1)CCCC3. The number of benzene rings is 2. The minimum Gasteiger partial charge on any atom is -0.325 e. The maximum absolute atomic E-state index is 13.8. The van der Waals surface area contributed by atoms with Crippen LogP contribution in [0.2, 0.25) is 0 Å². The first-order valence-electron chi connectivity index (χ1n) is 11.2. The second-order valence-corrected chi connectivity index (χ2v) is 11.4. The largest absolute Gasteiger partial charge is 0.325 e. The summed E-state index contributed by atoms with van der Waals surface area (Å²) in [6.07, 6.45) is 4.19. The Morgan fingerprint density at radius 1 is 1.12 bits per heavy atom. The number of thiophene rings is 1. The van der Waals surface area contributed by atoms with E-state index in [1.165, 1.54) is 22.2 Å². The number of hydrogen-bond donors (Lipinski definition) is 1. The average molecular weight is 555 g/mol. The summed E-state index contributed by atoms with van der Waals surface area (Å²) in [5, 5.41) is 4.31. The molecule has 1 amide bonds. The molecule has 174 valence electrons. The van der Waals surface area contributed by atoms with Crippen LogP contribution in [-0.4, -0.2) is 21.2 Å². The van der Waals surface area contributed by atoms with Crippen molar-refractivity contribution in [2.75, 3.05) is 11.1 Å². The molecule has 0 saturated carbocycles. The van der Waals surface area contributed by atoms with E-state index in [4.69, 9.17) is 4.98 Å². The molecule has 0 spiro atoms. The van der Waals surface area contributed by atoms with Crippen molar-refractivity contribution in [1.29, 1.82) is 0 Å². The summed E-state index contributed by atoms with van der Waals surface area (Å²) in [5.74, 6) is 0.0393.